The summed E-state index contributed by atoms with van der Waals surface area (Å²) in [6.45, 7) is 3.52. The third kappa shape index (κ3) is 4.86. The van der Waals surface area contributed by atoms with Crippen LogP contribution in [-0.4, -0.2) is 23.0 Å². The van der Waals surface area contributed by atoms with Gasteiger partial charge >= 0.3 is 5.97 Å². The second-order valence-electron chi connectivity index (χ2n) is 3.90. The van der Waals surface area contributed by atoms with Crippen LogP contribution in [0.25, 0.3) is 0 Å². The van der Waals surface area contributed by atoms with Crippen LogP contribution >= 0.6 is 0 Å². The number of carbonyl (C=O) groups is 2. The maximum absolute atomic E-state index is 11.6. The largest absolute Gasteiger partial charge is 0.480 e. The lowest BCUT2D eigenvalue weighted by Gasteiger charge is -2.13. The zero-order valence-corrected chi connectivity index (χ0v) is 10.1. The third-order valence-electron chi connectivity index (χ3n) is 2.47. The summed E-state index contributed by atoms with van der Waals surface area (Å²) in [5, 5.41) is 11.4. The van der Waals surface area contributed by atoms with Crippen LogP contribution in [-0.2, 0) is 16.0 Å². The van der Waals surface area contributed by atoms with Crippen molar-refractivity contribution in [2.24, 2.45) is 0 Å². The first-order chi connectivity index (χ1) is 8.63. The van der Waals surface area contributed by atoms with Crippen LogP contribution < -0.4 is 5.32 Å². The van der Waals surface area contributed by atoms with Crippen molar-refractivity contribution in [2.75, 3.05) is 0 Å². The summed E-state index contributed by atoms with van der Waals surface area (Å²) in [6, 6.07) is 2.67. The minimum atomic E-state index is -1.02. The average molecular weight is 251 g/mol. The standard InChI is InChI=1S/C13H17NO4/c1-2-3-6-11(13(16)17)14-12(15)8-7-10-5-4-9-18-10/h2,4-5,9,11H,1,3,6-8H2,(H,14,15)(H,16,17). The molecule has 1 heterocycles. The monoisotopic (exact) mass is 251 g/mol. The molecule has 0 spiro atoms. The summed E-state index contributed by atoms with van der Waals surface area (Å²) >= 11 is 0. The fraction of sp³-hybridized carbons (Fsp3) is 0.385. The maximum Gasteiger partial charge on any atom is 0.326 e. The van der Waals surface area contributed by atoms with E-state index in [2.05, 4.69) is 11.9 Å². The van der Waals surface area contributed by atoms with Gasteiger partial charge < -0.3 is 14.8 Å². The molecule has 0 aliphatic heterocycles. The Balaban J connectivity index is 2.36. The highest BCUT2D eigenvalue weighted by molar-refractivity contribution is 5.83. The van der Waals surface area contributed by atoms with Crippen molar-refractivity contribution >= 4 is 11.9 Å². The smallest absolute Gasteiger partial charge is 0.326 e. The van der Waals surface area contributed by atoms with Crippen molar-refractivity contribution < 1.29 is 19.1 Å². The van der Waals surface area contributed by atoms with Crippen LogP contribution in [0.3, 0.4) is 0 Å². The van der Waals surface area contributed by atoms with Crippen LogP contribution in [0.5, 0.6) is 0 Å². The molecule has 0 aromatic carbocycles. The number of carboxylic acid groups (broad SMARTS) is 1. The minimum Gasteiger partial charge on any atom is -0.480 e. The Morgan fingerprint density at radius 3 is 2.89 bits per heavy atom. The van der Waals surface area contributed by atoms with Gasteiger partial charge in [0.2, 0.25) is 5.91 Å². The van der Waals surface area contributed by atoms with Gasteiger partial charge in [0.15, 0.2) is 0 Å². The van der Waals surface area contributed by atoms with Crippen LogP contribution in [0.4, 0.5) is 0 Å². The van der Waals surface area contributed by atoms with Crippen molar-refractivity contribution in [3.05, 3.63) is 36.8 Å². The topological polar surface area (TPSA) is 79.5 Å². The molecule has 1 unspecified atom stereocenters. The van der Waals surface area contributed by atoms with E-state index in [9.17, 15) is 9.59 Å². The molecule has 1 rings (SSSR count). The maximum atomic E-state index is 11.6. The SMILES string of the molecule is C=CCCC(NC(=O)CCc1ccco1)C(=O)O. The summed E-state index contributed by atoms with van der Waals surface area (Å²) in [4.78, 5) is 22.5. The van der Waals surface area contributed by atoms with Gasteiger partial charge in [0.25, 0.3) is 0 Å². The number of hydrogen-bond acceptors (Lipinski definition) is 3. The molecule has 1 aromatic rings. The summed E-state index contributed by atoms with van der Waals surface area (Å²) in [5.41, 5.74) is 0. The molecule has 5 heteroatoms. The van der Waals surface area contributed by atoms with Gasteiger partial charge in [-0.2, -0.15) is 0 Å². The molecule has 1 aromatic heterocycles. The highest BCUT2D eigenvalue weighted by Gasteiger charge is 2.18. The quantitative estimate of drug-likeness (QED) is 0.690. The van der Waals surface area contributed by atoms with Gasteiger partial charge in [-0.3, -0.25) is 4.79 Å². The number of aliphatic carboxylic acids is 1. The Morgan fingerprint density at radius 2 is 2.33 bits per heavy atom. The van der Waals surface area contributed by atoms with E-state index < -0.39 is 12.0 Å². The molecule has 0 radical (unpaired) electrons. The summed E-state index contributed by atoms with van der Waals surface area (Å²) in [7, 11) is 0. The number of aryl methyl sites for hydroxylation is 1. The fourth-order valence-electron chi connectivity index (χ4n) is 1.50. The van der Waals surface area contributed by atoms with E-state index >= 15 is 0 Å². The Morgan fingerprint density at radius 1 is 1.56 bits per heavy atom. The summed E-state index contributed by atoms with van der Waals surface area (Å²) < 4.78 is 5.09. The summed E-state index contributed by atoms with van der Waals surface area (Å²) in [6.07, 6.45) is 4.75. The molecular formula is C13H17NO4. The van der Waals surface area contributed by atoms with E-state index in [-0.39, 0.29) is 12.3 Å². The molecule has 0 aliphatic carbocycles. The lowest BCUT2D eigenvalue weighted by molar-refractivity contribution is -0.142. The van der Waals surface area contributed by atoms with Crippen LogP contribution in [0.1, 0.15) is 25.0 Å². The van der Waals surface area contributed by atoms with Gasteiger partial charge in [-0.25, -0.2) is 4.79 Å². The molecule has 1 amide bonds. The van der Waals surface area contributed by atoms with E-state index in [1.165, 1.54) is 6.26 Å². The molecule has 98 valence electrons. The number of carbonyl (C=O) groups excluding carboxylic acids is 1. The van der Waals surface area contributed by atoms with Crippen LogP contribution in [0, 0.1) is 0 Å². The Bertz CT molecular complexity index is 397. The molecule has 0 bridgehead atoms. The lowest BCUT2D eigenvalue weighted by Crippen LogP contribution is -2.40. The number of amides is 1. The van der Waals surface area contributed by atoms with E-state index in [1.807, 2.05) is 0 Å². The first-order valence-corrected chi connectivity index (χ1v) is 5.79. The van der Waals surface area contributed by atoms with Gasteiger partial charge in [-0.1, -0.05) is 6.08 Å². The zero-order chi connectivity index (χ0) is 13.4. The molecule has 18 heavy (non-hydrogen) atoms. The highest BCUT2D eigenvalue weighted by Crippen LogP contribution is 2.04. The van der Waals surface area contributed by atoms with Crippen molar-refractivity contribution in [2.45, 2.75) is 31.7 Å². The van der Waals surface area contributed by atoms with Gasteiger partial charge in [0.05, 0.1) is 6.26 Å². The minimum absolute atomic E-state index is 0.214. The fourth-order valence-corrected chi connectivity index (χ4v) is 1.50. The molecule has 0 fully saturated rings. The van der Waals surface area contributed by atoms with Gasteiger partial charge in [-0.15, -0.1) is 6.58 Å². The first-order valence-electron chi connectivity index (χ1n) is 5.79. The average Bonchev–Trinajstić information content (AvgIpc) is 2.84. The zero-order valence-electron chi connectivity index (χ0n) is 10.1. The van der Waals surface area contributed by atoms with E-state index in [1.54, 1.807) is 18.2 Å². The van der Waals surface area contributed by atoms with Crippen molar-refractivity contribution in [1.82, 2.24) is 5.32 Å². The molecule has 0 saturated heterocycles. The Hall–Kier alpha value is -2.04. The normalized spacial score (nSPS) is 11.8. The number of nitrogens with one attached hydrogen (secondary N) is 1. The predicted molar refractivity (Wildman–Crippen MR) is 66.0 cm³/mol. The number of carboxylic acids is 1. The number of rotatable bonds is 8. The van der Waals surface area contributed by atoms with Gasteiger partial charge in [0, 0.05) is 12.8 Å². The predicted octanol–water partition coefficient (Wildman–Crippen LogP) is 1.75. The second-order valence-corrected chi connectivity index (χ2v) is 3.90. The van der Waals surface area contributed by atoms with E-state index in [0.717, 1.165) is 0 Å². The molecule has 5 nitrogen and oxygen atoms in total. The van der Waals surface area contributed by atoms with Gasteiger partial charge in [0.1, 0.15) is 11.8 Å². The van der Waals surface area contributed by atoms with E-state index in [0.29, 0.717) is 25.0 Å². The third-order valence-corrected chi connectivity index (χ3v) is 2.47. The highest BCUT2D eigenvalue weighted by atomic mass is 16.4. The molecule has 1 atom stereocenters. The molecule has 2 N–H and O–H groups in total. The first kappa shape index (κ1) is 14.0. The molecular weight excluding hydrogens is 234 g/mol. The van der Waals surface area contributed by atoms with Crippen LogP contribution in [0.2, 0.25) is 0 Å². The second kappa shape index (κ2) is 7.32. The van der Waals surface area contributed by atoms with Gasteiger partial charge in [-0.05, 0) is 25.0 Å². The van der Waals surface area contributed by atoms with Crippen molar-refractivity contribution in [1.29, 1.82) is 0 Å². The van der Waals surface area contributed by atoms with E-state index in [4.69, 9.17) is 9.52 Å². The number of furan rings is 1. The molecule has 0 saturated carbocycles. The molecule has 0 aliphatic rings. The van der Waals surface area contributed by atoms with Crippen LogP contribution in [0.15, 0.2) is 35.5 Å². The number of hydrogen-bond donors (Lipinski definition) is 2. The summed E-state index contributed by atoms with van der Waals surface area (Å²) in [5.74, 6) is -0.603. The number of allylic oxidation sites excluding steroid dienone is 1. The van der Waals surface area contributed by atoms with Crippen molar-refractivity contribution in [3.63, 3.8) is 0 Å². The lowest BCUT2D eigenvalue weighted by atomic mass is 10.1. The Kier molecular flexibility index (Phi) is 5.70. The Labute approximate surface area is 105 Å². The van der Waals surface area contributed by atoms with Crippen molar-refractivity contribution in [3.8, 4) is 0 Å².